The summed E-state index contributed by atoms with van der Waals surface area (Å²) in [5.74, 6) is -1.52. The van der Waals surface area contributed by atoms with E-state index in [0.717, 1.165) is 0 Å². The van der Waals surface area contributed by atoms with Crippen LogP contribution in [0.15, 0.2) is 0 Å². The Morgan fingerprint density at radius 3 is 2.21 bits per heavy atom. The van der Waals surface area contributed by atoms with E-state index in [9.17, 15) is 14.4 Å². The van der Waals surface area contributed by atoms with Crippen LogP contribution in [0.4, 0.5) is 4.79 Å². The predicted octanol–water partition coefficient (Wildman–Crippen LogP) is 0.690. The standard InChI is InChI=1S/C12H22N2O5/c1-12(2,3)9(10(16)17)13-11(18)14(4)7-6-8(15)19-5/h9H,6-7H2,1-5H3,(H,13,18)(H,16,17)/t9-/m0/s1. The summed E-state index contributed by atoms with van der Waals surface area (Å²) in [6, 6.07) is -1.54. The number of rotatable bonds is 5. The average molecular weight is 274 g/mol. The van der Waals surface area contributed by atoms with E-state index in [1.807, 2.05) is 0 Å². The maximum Gasteiger partial charge on any atom is 0.326 e. The Kier molecular flexibility index (Phi) is 6.31. The van der Waals surface area contributed by atoms with Gasteiger partial charge in [-0.05, 0) is 5.41 Å². The summed E-state index contributed by atoms with van der Waals surface area (Å²) < 4.78 is 4.46. The maximum atomic E-state index is 11.8. The number of nitrogens with zero attached hydrogens (tertiary/aromatic N) is 1. The molecular formula is C12H22N2O5. The number of carbonyl (C=O) groups excluding carboxylic acids is 2. The van der Waals surface area contributed by atoms with Gasteiger partial charge in [0.05, 0.1) is 13.5 Å². The van der Waals surface area contributed by atoms with Gasteiger partial charge in [0.15, 0.2) is 0 Å². The van der Waals surface area contributed by atoms with Crippen molar-refractivity contribution >= 4 is 18.0 Å². The van der Waals surface area contributed by atoms with Crippen molar-refractivity contribution < 1.29 is 24.2 Å². The summed E-state index contributed by atoms with van der Waals surface area (Å²) in [4.78, 5) is 35.1. The van der Waals surface area contributed by atoms with Crippen LogP contribution in [-0.2, 0) is 14.3 Å². The van der Waals surface area contributed by atoms with Crippen molar-refractivity contribution in [2.75, 3.05) is 20.7 Å². The number of methoxy groups -OCH3 is 1. The fourth-order valence-electron chi connectivity index (χ4n) is 1.34. The molecule has 0 heterocycles. The van der Waals surface area contributed by atoms with E-state index in [-0.39, 0.29) is 13.0 Å². The molecule has 2 amide bonds. The Balaban J connectivity index is 4.49. The van der Waals surface area contributed by atoms with Crippen molar-refractivity contribution in [2.45, 2.75) is 33.2 Å². The van der Waals surface area contributed by atoms with Gasteiger partial charge in [0.1, 0.15) is 6.04 Å². The molecular weight excluding hydrogens is 252 g/mol. The average Bonchev–Trinajstić information content (AvgIpc) is 2.29. The van der Waals surface area contributed by atoms with Crippen molar-refractivity contribution in [3.8, 4) is 0 Å². The van der Waals surface area contributed by atoms with E-state index in [4.69, 9.17) is 5.11 Å². The van der Waals surface area contributed by atoms with Crippen molar-refractivity contribution in [3.05, 3.63) is 0 Å². The van der Waals surface area contributed by atoms with E-state index in [0.29, 0.717) is 0 Å². The zero-order valence-electron chi connectivity index (χ0n) is 12.0. The Labute approximate surface area is 112 Å². The molecule has 0 aromatic heterocycles. The van der Waals surface area contributed by atoms with Crippen LogP contribution in [0.5, 0.6) is 0 Å². The number of ether oxygens (including phenoxy) is 1. The van der Waals surface area contributed by atoms with Crippen LogP contribution in [0, 0.1) is 5.41 Å². The number of carboxylic acids is 1. The summed E-state index contributed by atoms with van der Waals surface area (Å²) in [5.41, 5.74) is -0.606. The molecule has 0 fully saturated rings. The zero-order chi connectivity index (χ0) is 15.2. The number of hydrogen-bond donors (Lipinski definition) is 2. The largest absolute Gasteiger partial charge is 0.480 e. The highest BCUT2D eigenvalue weighted by atomic mass is 16.5. The summed E-state index contributed by atoms with van der Waals surface area (Å²) in [6.45, 7) is 5.33. The van der Waals surface area contributed by atoms with Crippen LogP contribution in [0.25, 0.3) is 0 Å². The summed E-state index contributed by atoms with van der Waals surface area (Å²) >= 11 is 0. The van der Waals surface area contributed by atoms with Crippen LogP contribution in [0.2, 0.25) is 0 Å². The molecule has 7 nitrogen and oxygen atoms in total. The Bertz CT molecular complexity index is 349. The second-order valence-electron chi connectivity index (χ2n) is 5.33. The highest BCUT2D eigenvalue weighted by molar-refractivity contribution is 5.83. The first-order valence-corrected chi connectivity index (χ1v) is 5.90. The number of urea groups is 1. The molecule has 7 heteroatoms. The number of nitrogens with one attached hydrogen (secondary N) is 1. The Morgan fingerprint density at radius 2 is 1.84 bits per heavy atom. The molecule has 0 bridgehead atoms. The Hall–Kier alpha value is -1.79. The SMILES string of the molecule is COC(=O)CCN(C)C(=O)N[C@@H](C(=O)O)C(C)(C)C. The van der Waals surface area contributed by atoms with Crippen molar-refractivity contribution in [2.24, 2.45) is 5.41 Å². The topological polar surface area (TPSA) is 95.9 Å². The molecule has 0 aliphatic carbocycles. The second-order valence-corrected chi connectivity index (χ2v) is 5.33. The summed E-state index contributed by atoms with van der Waals surface area (Å²) in [5, 5.41) is 11.5. The van der Waals surface area contributed by atoms with Crippen LogP contribution in [0.3, 0.4) is 0 Å². The molecule has 2 N–H and O–H groups in total. The molecule has 0 aromatic carbocycles. The monoisotopic (exact) mass is 274 g/mol. The van der Waals surface area contributed by atoms with Gasteiger partial charge in [0.2, 0.25) is 0 Å². The van der Waals surface area contributed by atoms with Gasteiger partial charge >= 0.3 is 18.0 Å². The lowest BCUT2D eigenvalue weighted by molar-refractivity contribution is -0.142. The van der Waals surface area contributed by atoms with Crippen molar-refractivity contribution in [3.63, 3.8) is 0 Å². The number of amides is 2. The highest BCUT2D eigenvalue weighted by Gasteiger charge is 2.33. The quantitative estimate of drug-likeness (QED) is 0.719. The van der Waals surface area contributed by atoms with Crippen molar-refractivity contribution in [1.82, 2.24) is 10.2 Å². The van der Waals surface area contributed by atoms with E-state index in [2.05, 4.69) is 10.1 Å². The van der Waals surface area contributed by atoms with Gasteiger partial charge in [-0.1, -0.05) is 20.8 Å². The first-order valence-electron chi connectivity index (χ1n) is 5.90. The van der Waals surface area contributed by atoms with Gasteiger partial charge < -0.3 is 20.1 Å². The molecule has 1 atom stereocenters. The number of esters is 1. The lowest BCUT2D eigenvalue weighted by Gasteiger charge is -2.29. The minimum Gasteiger partial charge on any atom is -0.480 e. The summed E-state index contributed by atoms with van der Waals surface area (Å²) in [7, 11) is 2.75. The third kappa shape index (κ3) is 6.08. The van der Waals surface area contributed by atoms with Crippen LogP contribution >= 0.6 is 0 Å². The first-order chi connectivity index (χ1) is 8.59. The van der Waals surface area contributed by atoms with E-state index >= 15 is 0 Å². The van der Waals surface area contributed by atoms with Gasteiger partial charge in [-0.15, -0.1) is 0 Å². The minimum absolute atomic E-state index is 0.0632. The second kappa shape index (κ2) is 6.96. The molecule has 0 aliphatic heterocycles. The first kappa shape index (κ1) is 17.2. The molecule has 110 valence electrons. The van der Waals surface area contributed by atoms with Gasteiger partial charge in [-0.2, -0.15) is 0 Å². The molecule has 0 unspecified atom stereocenters. The van der Waals surface area contributed by atoms with E-state index in [1.165, 1.54) is 19.1 Å². The van der Waals surface area contributed by atoms with Crippen LogP contribution in [0.1, 0.15) is 27.2 Å². The number of carboxylic acid groups (broad SMARTS) is 1. The molecule has 0 saturated heterocycles. The molecule has 19 heavy (non-hydrogen) atoms. The highest BCUT2D eigenvalue weighted by Crippen LogP contribution is 2.19. The lowest BCUT2D eigenvalue weighted by Crippen LogP contribution is -2.52. The molecule has 0 rings (SSSR count). The molecule has 0 aliphatic rings. The summed E-state index contributed by atoms with van der Waals surface area (Å²) in [6.07, 6.45) is 0.0632. The number of carbonyl (C=O) groups is 3. The normalized spacial score (nSPS) is 12.5. The number of hydrogen-bond acceptors (Lipinski definition) is 4. The molecule has 0 radical (unpaired) electrons. The fourth-order valence-corrected chi connectivity index (χ4v) is 1.34. The molecule has 0 spiro atoms. The maximum absolute atomic E-state index is 11.8. The third-order valence-corrected chi connectivity index (χ3v) is 2.61. The fraction of sp³-hybridized carbons (Fsp3) is 0.750. The smallest absolute Gasteiger partial charge is 0.326 e. The van der Waals surface area contributed by atoms with E-state index in [1.54, 1.807) is 20.8 Å². The van der Waals surface area contributed by atoms with Gasteiger partial charge in [-0.3, -0.25) is 4.79 Å². The van der Waals surface area contributed by atoms with Crippen LogP contribution in [-0.4, -0.2) is 54.7 Å². The predicted molar refractivity (Wildman–Crippen MR) is 68.7 cm³/mol. The zero-order valence-corrected chi connectivity index (χ0v) is 12.0. The van der Waals surface area contributed by atoms with Crippen LogP contribution < -0.4 is 5.32 Å². The van der Waals surface area contributed by atoms with Gasteiger partial charge in [0.25, 0.3) is 0 Å². The van der Waals surface area contributed by atoms with Gasteiger partial charge in [0, 0.05) is 13.6 Å². The third-order valence-electron chi connectivity index (χ3n) is 2.61. The van der Waals surface area contributed by atoms with Gasteiger partial charge in [-0.25, -0.2) is 9.59 Å². The van der Waals surface area contributed by atoms with Crippen molar-refractivity contribution in [1.29, 1.82) is 0 Å². The minimum atomic E-state index is -1.10. The van der Waals surface area contributed by atoms with E-state index < -0.39 is 29.4 Å². The molecule has 0 aromatic rings. The lowest BCUT2D eigenvalue weighted by atomic mass is 9.87. The molecule has 0 saturated carbocycles. The Morgan fingerprint density at radius 1 is 1.32 bits per heavy atom. The number of aliphatic carboxylic acids is 1.